The predicted molar refractivity (Wildman–Crippen MR) is 31.5 cm³/mol. The van der Waals surface area contributed by atoms with Gasteiger partial charge in [-0.05, 0) is 0 Å². The van der Waals surface area contributed by atoms with E-state index >= 15 is 0 Å². The minimum atomic E-state index is -7.76. The van der Waals surface area contributed by atoms with Crippen molar-refractivity contribution < 1.29 is 57.1 Å². The molecular weight excluding hydrogens is 319 g/mol. The first kappa shape index (κ1) is 18.1. The molecule has 13 heteroatoms. The van der Waals surface area contributed by atoms with Crippen LogP contribution < -0.4 is 0 Å². The largest absolute Gasteiger partial charge is 0.454 e. The summed E-state index contributed by atoms with van der Waals surface area (Å²) in [6.45, 7) is 0. The van der Waals surface area contributed by atoms with Crippen LogP contribution in [0.2, 0.25) is 0 Å². The third-order valence-electron chi connectivity index (χ3n) is 2.07. The molecule has 0 heterocycles. The lowest BCUT2D eigenvalue weighted by Crippen LogP contribution is -2.69. The predicted octanol–water partition coefficient (Wildman–Crippen LogP) is 4.56. The maximum atomic E-state index is 12.4. The highest BCUT2D eigenvalue weighted by atomic mass is 19.4. The molecular formula is C6HF13. The SMILES string of the molecule is FC(F)C(C(F)(F)F)(C(F)(F)F)C(F)(F)C(F)(F)F. The van der Waals surface area contributed by atoms with Crippen LogP contribution in [0, 0.1) is 5.41 Å². The van der Waals surface area contributed by atoms with Gasteiger partial charge in [0.15, 0.2) is 0 Å². The molecule has 0 aromatic rings. The molecule has 0 spiro atoms. The fourth-order valence-electron chi connectivity index (χ4n) is 1.12. The van der Waals surface area contributed by atoms with Gasteiger partial charge in [0.25, 0.3) is 11.8 Å². The van der Waals surface area contributed by atoms with Crippen molar-refractivity contribution in [3.05, 3.63) is 0 Å². The van der Waals surface area contributed by atoms with E-state index in [2.05, 4.69) is 0 Å². The molecule has 116 valence electrons. The van der Waals surface area contributed by atoms with E-state index in [0.717, 1.165) is 0 Å². The van der Waals surface area contributed by atoms with Crippen LogP contribution in [0.15, 0.2) is 0 Å². The maximum Gasteiger partial charge on any atom is 0.454 e. The van der Waals surface area contributed by atoms with Gasteiger partial charge >= 0.3 is 24.5 Å². The summed E-state index contributed by atoms with van der Waals surface area (Å²) in [4.78, 5) is 0. The van der Waals surface area contributed by atoms with Crippen molar-refractivity contribution in [2.24, 2.45) is 5.41 Å². The molecule has 0 amide bonds. The first-order valence-corrected chi connectivity index (χ1v) is 3.80. The second kappa shape index (κ2) is 4.30. The van der Waals surface area contributed by atoms with Crippen molar-refractivity contribution in [2.75, 3.05) is 0 Å². The van der Waals surface area contributed by atoms with Crippen molar-refractivity contribution in [3.63, 3.8) is 0 Å². The van der Waals surface area contributed by atoms with Crippen LogP contribution in [-0.4, -0.2) is 30.9 Å². The van der Waals surface area contributed by atoms with Crippen molar-refractivity contribution in [1.82, 2.24) is 0 Å². The summed E-state index contributed by atoms with van der Waals surface area (Å²) < 4.78 is 156. The highest BCUT2D eigenvalue weighted by Crippen LogP contribution is 2.65. The quantitative estimate of drug-likeness (QED) is 0.654. The molecule has 0 bridgehead atoms. The number of alkyl halides is 13. The van der Waals surface area contributed by atoms with Gasteiger partial charge in [-0.25, -0.2) is 8.78 Å². The van der Waals surface area contributed by atoms with Crippen molar-refractivity contribution >= 4 is 0 Å². The molecule has 19 heavy (non-hydrogen) atoms. The van der Waals surface area contributed by atoms with E-state index in [-0.39, 0.29) is 0 Å². The molecule has 0 N–H and O–H groups in total. The van der Waals surface area contributed by atoms with Gasteiger partial charge in [0, 0.05) is 0 Å². The standard InChI is InChI=1S/C6HF13/c7-1(8)2(4(11,12)13,5(14,15)16)3(9,10)6(17,18)19/h1H. The topological polar surface area (TPSA) is 0 Å². The fraction of sp³-hybridized carbons (Fsp3) is 1.00. The second-order valence-electron chi connectivity index (χ2n) is 3.18. The number of rotatable bonds is 2. The highest BCUT2D eigenvalue weighted by Gasteiger charge is 2.92. The van der Waals surface area contributed by atoms with E-state index in [0.29, 0.717) is 0 Å². The maximum absolute atomic E-state index is 12.4. The molecule has 0 aliphatic carbocycles. The zero-order valence-corrected chi connectivity index (χ0v) is 7.99. The van der Waals surface area contributed by atoms with Gasteiger partial charge in [0.1, 0.15) is 0 Å². The van der Waals surface area contributed by atoms with Gasteiger partial charge < -0.3 is 0 Å². The Labute approximate surface area is 94.7 Å². The van der Waals surface area contributed by atoms with E-state index in [9.17, 15) is 57.1 Å². The van der Waals surface area contributed by atoms with Crippen LogP contribution in [0.3, 0.4) is 0 Å². The lowest BCUT2D eigenvalue weighted by atomic mass is 9.79. The Morgan fingerprint density at radius 3 is 0.789 bits per heavy atom. The van der Waals surface area contributed by atoms with Crippen molar-refractivity contribution in [2.45, 2.75) is 30.9 Å². The molecule has 0 aromatic heterocycles. The van der Waals surface area contributed by atoms with E-state index in [1.165, 1.54) is 0 Å². The monoisotopic (exact) mass is 320 g/mol. The van der Waals surface area contributed by atoms with E-state index in [1.807, 2.05) is 0 Å². The molecule has 0 fully saturated rings. The molecule has 0 aromatic carbocycles. The average molecular weight is 320 g/mol. The summed E-state index contributed by atoms with van der Waals surface area (Å²) in [6, 6.07) is 0. The Balaban J connectivity index is 6.54. The molecule has 0 nitrogen and oxygen atoms in total. The summed E-state index contributed by atoms with van der Waals surface area (Å²) >= 11 is 0. The highest BCUT2D eigenvalue weighted by molar-refractivity contribution is 5.08. The van der Waals surface area contributed by atoms with Gasteiger partial charge in [-0.1, -0.05) is 0 Å². The molecule has 0 unspecified atom stereocenters. The molecule has 0 rings (SSSR count). The lowest BCUT2D eigenvalue weighted by molar-refractivity contribution is -0.470. The summed E-state index contributed by atoms with van der Waals surface area (Å²) in [5, 5.41) is 0. The second-order valence-corrected chi connectivity index (χ2v) is 3.18. The zero-order valence-electron chi connectivity index (χ0n) is 7.99. The van der Waals surface area contributed by atoms with Gasteiger partial charge in [-0.3, -0.25) is 0 Å². The fourth-order valence-corrected chi connectivity index (χ4v) is 1.12. The van der Waals surface area contributed by atoms with E-state index in [4.69, 9.17) is 0 Å². The number of hydrogen-bond donors (Lipinski definition) is 0. The Morgan fingerprint density at radius 2 is 0.737 bits per heavy atom. The first-order valence-electron chi connectivity index (χ1n) is 3.80. The van der Waals surface area contributed by atoms with Crippen molar-refractivity contribution in [1.29, 1.82) is 0 Å². The van der Waals surface area contributed by atoms with Crippen LogP contribution in [0.4, 0.5) is 57.1 Å². The average Bonchev–Trinajstić information content (AvgIpc) is 1.92. The first-order chi connectivity index (χ1) is 7.94. The number of halogens is 13. The molecule has 0 radical (unpaired) electrons. The molecule has 0 saturated heterocycles. The van der Waals surface area contributed by atoms with Gasteiger partial charge in [-0.2, -0.15) is 48.3 Å². The van der Waals surface area contributed by atoms with E-state index in [1.54, 1.807) is 0 Å². The van der Waals surface area contributed by atoms with Crippen LogP contribution in [0.5, 0.6) is 0 Å². The zero-order chi connectivity index (χ0) is 16.1. The van der Waals surface area contributed by atoms with Gasteiger partial charge in [0.2, 0.25) is 0 Å². The van der Waals surface area contributed by atoms with Gasteiger partial charge in [-0.15, -0.1) is 0 Å². The molecule has 0 aliphatic rings. The third-order valence-corrected chi connectivity index (χ3v) is 2.07. The number of hydrogen-bond acceptors (Lipinski definition) is 0. The summed E-state index contributed by atoms with van der Waals surface area (Å²) in [5.74, 6) is -7.76. The normalized spacial score (nSPS) is 16.1. The van der Waals surface area contributed by atoms with Crippen LogP contribution in [-0.2, 0) is 0 Å². The molecule has 0 aliphatic heterocycles. The minimum absolute atomic E-state index is 6.08. The van der Waals surface area contributed by atoms with Crippen LogP contribution >= 0.6 is 0 Å². The summed E-state index contributed by atoms with van der Waals surface area (Å²) in [5.41, 5.74) is -7.54. The third kappa shape index (κ3) is 2.30. The van der Waals surface area contributed by atoms with Crippen LogP contribution in [0.25, 0.3) is 0 Å². The summed E-state index contributed by atoms with van der Waals surface area (Å²) in [7, 11) is 0. The van der Waals surface area contributed by atoms with E-state index < -0.39 is 36.3 Å². The Bertz CT molecular complexity index is 299. The summed E-state index contributed by atoms with van der Waals surface area (Å²) in [6.07, 6.45) is -28.7. The Morgan fingerprint density at radius 1 is 0.474 bits per heavy atom. The minimum Gasteiger partial charge on any atom is -0.209 e. The Hall–Kier alpha value is -0.910. The lowest BCUT2D eigenvalue weighted by Gasteiger charge is -2.41. The molecule has 0 saturated carbocycles. The molecule has 0 atom stereocenters. The smallest absolute Gasteiger partial charge is 0.209 e. The van der Waals surface area contributed by atoms with Gasteiger partial charge in [0.05, 0.1) is 0 Å². The van der Waals surface area contributed by atoms with Crippen LogP contribution in [0.1, 0.15) is 0 Å². The Kier molecular flexibility index (Phi) is 4.09. The van der Waals surface area contributed by atoms with Crippen molar-refractivity contribution in [3.8, 4) is 0 Å².